The molecule has 1 aliphatic heterocycles. The first-order valence-corrected chi connectivity index (χ1v) is 8.38. The van der Waals surface area contributed by atoms with Gasteiger partial charge in [0.15, 0.2) is 0 Å². The quantitative estimate of drug-likeness (QED) is 0.871. The van der Waals surface area contributed by atoms with Crippen LogP contribution < -0.4 is 0 Å². The number of amides is 1. The van der Waals surface area contributed by atoms with Crippen LogP contribution in [-0.2, 0) is 0 Å². The highest BCUT2D eigenvalue weighted by Gasteiger charge is 2.30. The Labute approximate surface area is 130 Å². The van der Waals surface area contributed by atoms with Crippen LogP contribution in [-0.4, -0.2) is 39.4 Å². The predicted octanol–water partition coefficient (Wildman–Crippen LogP) is 3.75. The lowest BCUT2D eigenvalue weighted by atomic mass is 10.1. The number of nitrogens with zero attached hydrogens (tertiary/aromatic N) is 1. The van der Waals surface area contributed by atoms with Gasteiger partial charge in [0.2, 0.25) is 0 Å². The van der Waals surface area contributed by atoms with Crippen LogP contribution in [0.5, 0.6) is 0 Å². The number of hydrogen-bond acceptors (Lipinski definition) is 2. The van der Waals surface area contributed by atoms with E-state index in [-0.39, 0.29) is 10.7 Å². The third kappa shape index (κ3) is 2.69. The number of carbonyl (C=O) groups excluding carboxylic acids is 1. The van der Waals surface area contributed by atoms with Gasteiger partial charge < -0.3 is 9.88 Å². The highest BCUT2D eigenvalue weighted by molar-refractivity contribution is 8.00. The Bertz CT molecular complexity index is 702. The van der Waals surface area contributed by atoms with Gasteiger partial charge in [-0.3, -0.25) is 4.79 Å². The fourth-order valence-electron chi connectivity index (χ4n) is 2.97. The number of fused-ring (bicyclic) bond motifs is 1. The van der Waals surface area contributed by atoms with Gasteiger partial charge in [0, 0.05) is 45.7 Å². The van der Waals surface area contributed by atoms with E-state index in [0.29, 0.717) is 0 Å². The minimum atomic E-state index is 0.151. The zero-order valence-corrected chi connectivity index (χ0v) is 13.9. The van der Waals surface area contributed by atoms with E-state index in [9.17, 15) is 4.79 Å². The van der Waals surface area contributed by atoms with Crippen molar-refractivity contribution in [2.24, 2.45) is 0 Å². The summed E-state index contributed by atoms with van der Waals surface area (Å²) in [6, 6.07) is 5.99. The van der Waals surface area contributed by atoms with Crippen molar-refractivity contribution >= 4 is 28.6 Å². The normalized spacial score (nSPS) is 18.2. The smallest absolute Gasteiger partial charge is 0.253 e. The molecule has 0 aliphatic carbocycles. The van der Waals surface area contributed by atoms with Gasteiger partial charge in [0.25, 0.3) is 5.91 Å². The van der Waals surface area contributed by atoms with Crippen molar-refractivity contribution in [2.75, 3.05) is 18.8 Å². The van der Waals surface area contributed by atoms with E-state index in [2.05, 4.69) is 32.7 Å². The Morgan fingerprint density at radius 2 is 2.10 bits per heavy atom. The molecular weight excluding hydrogens is 280 g/mol. The first-order chi connectivity index (χ1) is 9.87. The van der Waals surface area contributed by atoms with Gasteiger partial charge >= 0.3 is 0 Å². The number of aromatic nitrogens is 1. The van der Waals surface area contributed by atoms with Crippen LogP contribution in [0.4, 0.5) is 0 Å². The van der Waals surface area contributed by atoms with E-state index in [1.165, 1.54) is 11.3 Å². The molecule has 0 unspecified atom stereocenters. The zero-order valence-electron chi connectivity index (χ0n) is 13.1. The minimum Gasteiger partial charge on any atom is -0.358 e. The monoisotopic (exact) mass is 302 g/mol. The summed E-state index contributed by atoms with van der Waals surface area (Å²) in [6.07, 6.45) is 0. The van der Waals surface area contributed by atoms with Crippen LogP contribution in [0.25, 0.3) is 10.9 Å². The van der Waals surface area contributed by atoms with Crippen LogP contribution >= 0.6 is 11.8 Å². The second-order valence-corrected chi connectivity index (χ2v) is 8.27. The summed E-state index contributed by atoms with van der Waals surface area (Å²) in [4.78, 5) is 18.1. The lowest BCUT2D eigenvalue weighted by Crippen LogP contribution is -2.46. The molecule has 1 saturated heterocycles. The molecular formula is C17H22N2OS. The third-order valence-electron chi connectivity index (χ3n) is 4.27. The van der Waals surface area contributed by atoms with Crippen LogP contribution in [0.3, 0.4) is 0 Å². The molecule has 2 heterocycles. The van der Waals surface area contributed by atoms with Gasteiger partial charge in [-0.2, -0.15) is 11.8 Å². The molecule has 0 atom stereocenters. The van der Waals surface area contributed by atoms with Crippen molar-refractivity contribution in [2.45, 2.75) is 32.4 Å². The standard InChI is InChI=1S/C17H22N2OS/c1-11-12(2)18-15-6-5-13(9-14(11)15)16(20)19-7-8-21-17(3,4)10-19/h5-6,9,18H,7-8,10H2,1-4H3. The molecule has 1 aromatic heterocycles. The van der Waals surface area contributed by atoms with E-state index < -0.39 is 0 Å². The van der Waals surface area contributed by atoms with Gasteiger partial charge in [-0.05, 0) is 51.5 Å². The summed E-state index contributed by atoms with van der Waals surface area (Å²) in [5.74, 6) is 1.17. The molecule has 3 nitrogen and oxygen atoms in total. The Balaban J connectivity index is 1.92. The molecule has 0 saturated carbocycles. The van der Waals surface area contributed by atoms with Crippen LogP contribution in [0, 0.1) is 13.8 Å². The number of thioether (sulfide) groups is 1. The van der Waals surface area contributed by atoms with Crippen molar-refractivity contribution in [1.29, 1.82) is 0 Å². The van der Waals surface area contributed by atoms with Gasteiger partial charge in [-0.25, -0.2) is 0 Å². The number of rotatable bonds is 1. The molecule has 0 spiro atoms. The number of carbonyl (C=O) groups is 1. The number of hydrogen-bond donors (Lipinski definition) is 1. The topological polar surface area (TPSA) is 36.1 Å². The van der Waals surface area contributed by atoms with E-state index in [4.69, 9.17) is 0 Å². The maximum absolute atomic E-state index is 12.8. The van der Waals surface area contributed by atoms with Gasteiger partial charge in [0.1, 0.15) is 0 Å². The molecule has 112 valence electrons. The molecule has 4 heteroatoms. The number of nitrogens with one attached hydrogen (secondary N) is 1. The number of H-pyrrole nitrogens is 1. The third-order valence-corrected chi connectivity index (χ3v) is 5.57. The lowest BCUT2D eigenvalue weighted by molar-refractivity contribution is 0.0748. The number of benzene rings is 1. The van der Waals surface area contributed by atoms with Crippen LogP contribution in [0.1, 0.15) is 35.5 Å². The van der Waals surface area contributed by atoms with E-state index in [0.717, 1.165) is 35.3 Å². The maximum Gasteiger partial charge on any atom is 0.253 e. The Hall–Kier alpha value is -1.42. The summed E-state index contributed by atoms with van der Waals surface area (Å²) in [7, 11) is 0. The molecule has 0 bridgehead atoms. The lowest BCUT2D eigenvalue weighted by Gasteiger charge is -2.37. The maximum atomic E-state index is 12.8. The molecule has 3 rings (SSSR count). The van der Waals surface area contributed by atoms with Crippen molar-refractivity contribution in [3.05, 3.63) is 35.0 Å². The first kappa shape index (κ1) is 14.5. The van der Waals surface area contributed by atoms with Crippen molar-refractivity contribution in [3.8, 4) is 0 Å². The molecule has 2 aromatic rings. The van der Waals surface area contributed by atoms with Gasteiger partial charge in [-0.1, -0.05) is 0 Å². The first-order valence-electron chi connectivity index (χ1n) is 7.39. The van der Waals surface area contributed by atoms with Crippen LogP contribution in [0.2, 0.25) is 0 Å². The number of aromatic amines is 1. The fourth-order valence-corrected chi connectivity index (χ4v) is 4.08. The summed E-state index contributed by atoms with van der Waals surface area (Å²) in [6.45, 7) is 10.3. The Kier molecular flexibility index (Phi) is 3.52. The molecule has 0 radical (unpaired) electrons. The fraction of sp³-hybridized carbons (Fsp3) is 0.471. The molecule has 1 aromatic carbocycles. The summed E-state index contributed by atoms with van der Waals surface area (Å²) >= 11 is 1.95. The van der Waals surface area contributed by atoms with Crippen LogP contribution in [0.15, 0.2) is 18.2 Å². The summed E-state index contributed by atoms with van der Waals surface area (Å²) < 4.78 is 0.151. The summed E-state index contributed by atoms with van der Waals surface area (Å²) in [5, 5.41) is 1.16. The highest BCUT2D eigenvalue weighted by atomic mass is 32.2. The van der Waals surface area contributed by atoms with Gasteiger partial charge in [-0.15, -0.1) is 0 Å². The highest BCUT2D eigenvalue weighted by Crippen LogP contribution is 2.30. The average molecular weight is 302 g/mol. The van der Waals surface area contributed by atoms with Crippen molar-refractivity contribution in [1.82, 2.24) is 9.88 Å². The van der Waals surface area contributed by atoms with Crippen molar-refractivity contribution < 1.29 is 4.79 Å². The SMILES string of the molecule is Cc1[nH]c2ccc(C(=O)N3CCSC(C)(C)C3)cc2c1C. The Morgan fingerprint density at radius 1 is 1.33 bits per heavy atom. The van der Waals surface area contributed by atoms with Crippen molar-refractivity contribution in [3.63, 3.8) is 0 Å². The zero-order chi connectivity index (χ0) is 15.2. The van der Waals surface area contributed by atoms with E-state index >= 15 is 0 Å². The number of aryl methyl sites for hydroxylation is 2. The molecule has 1 amide bonds. The van der Waals surface area contributed by atoms with E-state index in [1.54, 1.807) is 0 Å². The molecule has 1 N–H and O–H groups in total. The van der Waals surface area contributed by atoms with E-state index in [1.807, 2.05) is 34.9 Å². The predicted molar refractivity (Wildman–Crippen MR) is 90.2 cm³/mol. The van der Waals surface area contributed by atoms with Gasteiger partial charge in [0.05, 0.1) is 0 Å². The summed E-state index contributed by atoms with van der Waals surface area (Å²) in [5.41, 5.74) is 4.31. The largest absolute Gasteiger partial charge is 0.358 e. The second-order valence-electron chi connectivity index (χ2n) is 6.47. The minimum absolute atomic E-state index is 0.151. The average Bonchev–Trinajstić information content (AvgIpc) is 2.72. The molecule has 21 heavy (non-hydrogen) atoms. The Morgan fingerprint density at radius 3 is 2.81 bits per heavy atom. The molecule has 1 fully saturated rings. The molecule has 1 aliphatic rings. The second kappa shape index (κ2) is 5.09.